The van der Waals surface area contributed by atoms with Crippen LogP contribution in [0, 0.1) is 0 Å². The average Bonchev–Trinajstić information content (AvgIpc) is 3.18. The predicted molar refractivity (Wildman–Crippen MR) is 124 cm³/mol. The van der Waals surface area contributed by atoms with Crippen LogP contribution in [0.2, 0.25) is 0 Å². The van der Waals surface area contributed by atoms with Crippen LogP contribution in [0.5, 0.6) is 5.75 Å². The van der Waals surface area contributed by atoms with Crippen molar-refractivity contribution >= 4 is 22.8 Å². The van der Waals surface area contributed by atoms with Crippen LogP contribution in [-0.2, 0) is 44.2 Å². The summed E-state index contributed by atoms with van der Waals surface area (Å²) < 4.78 is 12.7. The highest BCUT2D eigenvalue weighted by Crippen LogP contribution is 2.42. The van der Waals surface area contributed by atoms with Gasteiger partial charge in [0.05, 0.1) is 29.0 Å². The number of nitrogens with zero attached hydrogens (tertiary/aromatic N) is 2. The molecule has 1 aromatic carbocycles. The van der Waals surface area contributed by atoms with Crippen molar-refractivity contribution < 1.29 is 24.2 Å². The molecular formula is C26H26N2O6. The first kappa shape index (κ1) is 22.1. The number of carbonyl (C=O) groups is 2. The first-order valence-corrected chi connectivity index (χ1v) is 11.7. The van der Waals surface area contributed by atoms with Gasteiger partial charge in [-0.25, -0.2) is 9.78 Å². The number of aryl methyl sites for hydroxylation is 1. The maximum absolute atomic E-state index is 13.6. The molecule has 0 saturated heterocycles. The number of rotatable bonds is 5. The molecule has 0 spiro atoms. The lowest BCUT2D eigenvalue weighted by atomic mass is 9.85. The third kappa shape index (κ3) is 3.04. The summed E-state index contributed by atoms with van der Waals surface area (Å²) in [4.78, 5) is 43.9. The molecule has 1 atom stereocenters. The highest BCUT2D eigenvalue weighted by molar-refractivity contribution is 5.90. The smallest absolute Gasteiger partial charge is 0.355 e. The maximum atomic E-state index is 13.6. The number of carbonyl (C=O) groups excluding carboxylic acids is 2. The third-order valence-electron chi connectivity index (χ3n) is 6.85. The normalized spacial score (nSPS) is 18.3. The number of phenolic OH excluding ortho intramolecular Hbond substituents is 1. The maximum Gasteiger partial charge on any atom is 0.355 e. The largest absolute Gasteiger partial charge is 0.508 e. The van der Waals surface area contributed by atoms with Gasteiger partial charge >= 0.3 is 11.9 Å². The molecule has 0 aliphatic carbocycles. The molecule has 2 aliphatic heterocycles. The van der Waals surface area contributed by atoms with E-state index in [-0.39, 0.29) is 30.8 Å². The second-order valence-electron chi connectivity index (χ2n) is 8.77. The van der Waals surface area contributed by atoms with Crippen LogP contribution in [0.25, 0.3) is 22.3 Å². The molecular weight excluding hydrogens is 436 g/mol. The number of hydrogen-bond acceptors (Lipinski definition) is 7. The van der Waals surface area contributed by atoms with Crippen LogP contribution in [0.4, 0.5) is 0 Å². The van der Waals surface area contributed by atoms with Gasteiger partial charge in [0, 0.05) is 22.9 Å². The van der Waals surface area contributed by atoms with Gasteiger partial charge in [0.25, 0.3) is 5.56 Å². The summed E-state index contributed by atoms with van der Waals surface area (Å²) in [6.07, 6.45) is 1.58. The lowest BCUT2D eigenvalue weighted by Crippen LogP contribution is -2.47. The monoisotopic (exact) mass is 462 g/mol. The van der Waals surface area contributed by atoms with Crippen LogP contribution in [-0.4, -0.2) is 26.6 Å². The molecule has 8 nitrogen and oxygen atoms in total. The first-order chi connectivity index (χ1) is 16.3. The molecule has 8 heteroatoms. The molecule has 0 amide bonds. The molecule has 0 unspecified atom stereocenters. The SMILES string of the molecule is CCCC(=O)O[C@]1(CC)C(=O)OCc2c1cc1n(c2=O)Cc2c-1nc1ccc(O)cc1c2CC. The van der Waals surface area contributed by atoms with Crippen molar-refractivity contribution in [2.24, 2.45) is 0 Å². The summed E-state index contributed by atoms with van der Waals surface area (Å²) in [7, 11) is 0. The number of aromatic hydroxyl groups is 1. The van der Waals surface area contributed by atoms with Gasteiger partial charge in [-0.3, -0.25) is 9.59 Å². The van der Waals surface area contributed by atoms with Crippen molar-refractivity contribution in [1.82, 2.24) is 9.55 Å². The molecule has 0 bridgehead atoms. The highest BCUT2D eigenvalue weighted by atomic mass is 16.6. The third-order valence-corrected chi connectivity index (χ3v) is 6.85. The second kappa shape index (κ2) is 7.97. The number of cyclic esters (lactones) is 1. The van der Waals surface area contributed by atoms with E-state index in [0.29, 0.717) is 47.4 Å². The molecule has 1 N–H and O–H groups in total. The zero-order valence-corrected chi connectivity index (χ0v) is 19.4. The Labute approximate surface area is 196 Å². The molecule has 0 saturated carbocycles. The van der Waals surface area contributed by atoms with Crippen LogP contribution in [0.3, 0.4) is 0 Å². The zero-order chi connectivity index (χ0) is 24.2. The first-order valence-electron chi connectivity index (χ1n) is 11.7. The van der Waals surface area contributed by atoms with Crippen LogP contribution in [0.1, 0.15) is 62.3 Å². The molecule has 176 valence electrons. The summed E-state index contributed by atoms with van der Waals surface area (Å²) in [5.74, 6) is -1.01. The lowest BCUT2D eigenvalue weighted by molar-refractivity contribution is -0.189. The standard InChI is InChI=1S/C26H26N2O6/c1-4-7-22(30)34-26(6-3)19-11-21-23-17(12-28(21)24(31)18(19)13-33-25(26)32)15(5-2)16-10-14(29)8-9-20(16)27-23/h8-11,29H,4-7,12-13H2,1-3H3/t26-/m0/s1. The van der Waals surface area contributed by atoms with Crippen molar-refractivity contribution in [3.63, 3.8) is 0 Å². The summed E-state index contributed by atoms with van der Waals surface area (Å²) in [6.45, 7) is 5.78. The molecule has 4 heterocycles. The number of ether oxygens (including phenoxy) is 2. The topological polar surface area (TPSA) is 108 Å². The van der Waals surface area contributed by atoms with E-state index < -0.39 is 17.5 Å². The van der Waals surface area contributed by atoms with E-state index >= 15 is 0 Å². The minimum atomic E-state index is -1.66. The summed E-state index contributed by atoms with van der Waals surface area (Å²) in [5.41, 5.74) is 2.65. The Bertz CT molecular complexity index is 1420. The Morgan fingerprint density at radius 2 is 2.00 bits per heavy atom. The Kier molecular flexibility index (Phi) is 5.19. The van der Waals surface area contributed by atoms with Crippen molar-refractivity contribution in [2.45, 2.75) is 65.2 Å². The molecule has 2 aliphatic rings. The second-order valence-corrected chi connectivity index (χ2v) is 8.77. The van der Waals surface area contributed by atoms with Crippen molar-refractivity contribution in [1.29, 1.82) is 0 Å². The van der Waals surface area contributed by atoms with E-state index in [9.17, 15) is 19.5 Å². The Balaban J connectivity index is 1.76. The number of esters is 2. The zero-order valence-electron chi connectivity index (χ0n) is 19.4. The number of fused-ring (bicyclic) bond motifs is 5. The van der Waals surface area contributed by atoms with E-state index in [0.717, 1.165) is 16.5 Å². The molecule has 0 fully saturated rings. The van der Waals surface area contributed by atoms with Crippen LogP contribution >= 0.6 is 0 Å². The van der Waals surface area contributed by atoms with Gasteiger partial charge in [0.15, 0.2) is 0 Å². The van der Waals surface area contributed by atoms with Crippen molar-refractivity contribution in [2.75, 3.05) is 0 Å². The van der Waals surface area contributed by atoms with Crippen LogP contribution in [0.15, 0.2) is 29.1 Å². The van der Waals surface area contributed by atoms with Gasteiger partial charge in [0.2, 0.25) is 5.60 Å². The number of hydrogen-bond donors (Lipinski definition) is 1. The van der Waals surface area contributed by atoms with Gasteiger partial charge < -0.3 is 19.1 Å². The predicted octanol–water partition coefficient (Wildman–Crippen LogP) is 3.70. The van der Waals surface area contributed by atoms with Gasteiger partial charge in [-0.15, -0.1) is 0 Å². The fourth-order valence-corrected chi connectivity index (χ4v) is 5.16. The minimum absolute atomic E-state index is 0.147. The van der Waals surface area contributed by atoms with Crippen molar-refractivity contribution in [3.8, 4) is 17.1 Å². The van der Waals surface area contributed by atoms with E-state index in [1.807, 2.05) is 13.8 Å². The average molecular weight is 463 g/mol. The van der Waals surface area contributed by atoms with Gasteiger partial charge in [0.1, 0.15) is 12.4 Å². The van der Waals surface area contributed by atoms with E-state index in [4.69, 9.17) is 14.5 Å². The van der Waals surface area contributed by atoms with E-state index in [1.54, 1.807) is 35.8 Å². The quantitative estimate of drug-likeness (QED) is 0.451. The molecule has 2 aromatic heterocycles. The summed E-state index contributed by atoms with van der Waals surface area (Å²) in [5, 5.41) is 10.9. The van der Waals surface area contributed by atoms with E-state index in [1.165, 1.54) is 0 Å². The Morgan fingerprint density at radius 3 is 2.71 bits per heavy atom. The number of phenols is 1. The molecule has 0 radical (unpaired) electrons. The van der Waals surface area contributed by atoms with Crippen molar-refractivity contribution in [3.05, 3.63) is 56.9 Å². The summed E-state index contributed by atoms with van der Waals surface area (Å²) in [6, 6.07) is 6.80. The Morgan fingerprint density at radius 1 is 1.21 bits per heavy atom. The summed E-state index contributed by atoms with van der Waals surface area (Å²) >= 11 is 0. The fraction of sp³-hybridized carbons (Fsp3) is 0.385. The molecule has 3 aromatic rings. The number of pyridine rings is 2. The number of aromatic nitrogens is 2. The van der Waals surface area contributed by atoms with E-state index in [2.05, 4.69) is 0 Å². The molecule has 34 heavy (non-hydrogen) atoms. The minimum Gasteiger partial charge on any atom is -0.508 e. The Hall–Kier alpha value is -3.68. The molecule has 5 rings (SSSR count). The van der Waals surface area contributed by atoms with Crippen LogP contribution < -0.4 is 5.56 Å². The van der Waals surface area contributed by atoms with Gasteiger partial charge in [-0.2, -0.15) is 0 Å². The number of benzene rings is 1. The highest BCUT2D eigenvalue weighted by Gasteiger charge is 2.50. The van der Waals surface area contributed by atoms with Gasteiger partial charge in [-0.1, -0.05) is 20.8 Å². The van der Waals surface area contributed by atoms with Gasteiger partial charge in [-0.05, 0) is 49.1 Å². The fourth-order valence-electron chi connectivity index (χ4n) is 5.16. The lowest BCUT2D eigenvalue weighted by Gasteiger charge is -2.35.